The first-order chi connectivity index (χ1) is 10.6. The van der Waals surface area contributed by atoms with E-state index in [9.17, 15) is 9.59 Å². The van der Waals surface area contributed by atoms with E-state index in [1.54, 1.807) is 14.1 Å². The summed E-state index contributed by atoms with van der Waals surface area (Å²) in [4.78, 5) is 23.9. The molecule has 0 rings (SSSR count). The van der Waals surface area contributed by atoms with E-state index in [2.05, 4.69) is 31.9 Å². The van der Waals surface area contributed by atoms with Crippen LogP contribution in [0.15, 0.2) is 0 Å². The van der Waals surface area contributed by atoms with Crippen molar-refractivity contribution in [2.45, 2.75) is 24.9 Å². The molecule has 6 N–H and O–H groups in total. The van der Waals surface area contributed by atoms with Gasteiger partial charge in [-0.2, -0.15) is 0 Å². The standard InChI is InChI=1S/C14H32N6O2/c1-15-7-5-11(17-3)13(21)19-8-6-12(18-4)14(22)20-10-9-16-2/h11-12,15-18H,5-10H2,1-4H3,(H,19,21)(H,20,22)/t11-,12-/m0/s1. The van der Waals surface area contributed by atoms with Crippen LogP contribution in [-0.2, 0) is 9.59 Å². The van der Waals surface area contributed by atoms with Crippen molar-refractivity contribution >= 4 is 11.8 Å². The summed E-state index contributed by atoms with van der Waals surface area (Å²) in [5.41, 5.74) is 0. The van der Waals surface area contributed by atoms with Gasteiger partial charge < -0.3 is 31.9 Å². The fourth-order valence-corrected chi connectivity index (χ4v) is 2.00. The van der Waals surface area contributed by atoms with Gasteiger partial charge in [-0.3, -0.25) is 9.59 Å². The van der Waals surface area contributed by atoms with E-state index in [0.29, 0.717) is 19.5 Å². The van der Waals surface area contributed by atoms with E-state index in [0.717, 1.165) is 19.5 Å². The summed E-state index contributed by atoms with van der Waals surface area (Å²) in [5, 5.41) is 17.7. The van der Waals surface area contributed by atoms with Crippen molar-refractivity contribution in [3.63, 3.8) is 0 Å². The van der Waals surface area contributed by atoms with E-state index >= 15 is 0 Å². The Hall–Kier alpha value is -1.22. The molecule has 0 aliphatic rings. The van der Waals surface area contributed by atoms with Crippen LogP contribution in [0.25, 0.3) is 0 Å². The zero-order valence-electron chi connectivity index (χ0n) is 14.2. The van der Waals surface area contributed by atoms with Crippen molar-refractivity contribution in [1.29, 1.82) is 0 Å². The number of likely N-dealkylation sites (N-methyl/N-ethyl adjacent to an activating group) is 3. The van der Waals surface area contributed by atoms with Crippen molar-refractivity contribution in [3.8, 4) is 0 Å². The van der Waals surface area contributed by atoms with Gasteiger partial charge in [0, 0.05) is 19.6 Å². The molecule has 8 nitrogen and oxygen atoms in total. The summed E-state index contributed by atoms with van der Waals surface area (Å²) in [6.07, 6.45) is 1.27. The summed E-state index contributed by atoms with van der Waals surface area (Å²) in [5.74, 6) is -0.0875. The smallest absolute Gasteiger partial charge is 0.237 e. The lowest BCUT2D eigenvalue weighted by Gasteiger charge is -2.19. The number of hydrogen-bond acceptors (Lipinski definition) is 6. The Balaban J connectivity index is 4.06. The molecule has 0 aliphatic heterocycles. The van der Waals surface area contributed by atoms with Gasteiger partial charge in [0.05, 0.1) is 12.1 Å². The van der Waals surface area contributed by atoms with Gasteiger partial charge in [0.1, 0.15) is 0 Å². The molecule has 2 amide bonds. The Bertz CT molecular complexity index is 314. The summed E-state index contributed by atoms with van der Waals surface area (Å²) in [7, 11) is 7.21. The average Bonchev–Trinajstić information content (AvgIpc) is 2.52. The topological polar surface area (TPSA) is 106 Å². The highest BCUT2D eigenvalue weighted by Crippen LogP contribution is 1.93. The first-order valence-corrected chi connectivity index (χ1v) is 7.79. The number of hydrogen-bond donors (Lipinski definition) is 6. The van der Waals surface area contributed by atoms with Gasteiger partial charge in [-0.05, 0) is 47.6 Å². The highest BCUT2D eigenvalue weighted by molar-refractivity contribution is 5.83. The average molecular weight is 316 g/mol. The van der Waals surface area contributed by atoms with Gasteiger partial charge in [-0.15, -0.1) is 0 Å². The van der Waals surface area contributed by atoms with Gasteiger partial charge in [0.25, 0.3) is 0 Å². The fourth-order valence-electron chi connectivity index (χ4n) is 2.00. The third-order valence-corrected chi connectivity index (χ3v) is 3.42. The summed E-state index contributed by atoms with van der Waals surface area (Å²) < 4.78 is 0. The van der Waals surface area contributed by atoms with E-state index in [-0.39, 0.29) is 23.9 Å². The molecule has 0 radical (unpaired) electrons. The number of amides is 2. The molecule has 0 fully saturated rings. The van der Waals surface area contributed by atoms with Gasteiger partial charge in [-0.25, -0.2) is 0 Å². The second-order valence-corrected chi connectivity index (χ2v) is 5.05. The van der Waals surface area contributed by atoms with Crippen LogP contribution in [0.5, 0.6) is 0 Å². The number of carbonyl (C=O) groups is 2. The van der Waals surface area contributed by atoms with Crippen molar-refractivity contribution in [2.24, 2.45) is 0 Å². The highest BCUT2D eigenvalue weighted by Gasteiger charge is 2.18. The zero-order chi connectivity index (χ0) is 16.8. The molecule has 0 heterocycles. The van der Waals surface area contributed by atoms with Crippen LogP contribution in [0, 0.1) is 0 Å². The Morgan fingerprint density at radius 1 is 0.682 bits per heavy atom. The summed E-state index contributed by atoms with van der Waals surface area (Å²) in [6, 6.07) is -0.521. The van der Waals surface area contributed by atoms with Crippen molar-refractivity contribution in [2.75, 3.05) is 54.4 Å². The Morgan fingerprint density at radius 3 is 1.59 bits per heavy atom. The Morgan fingerprint density at radius 2 is 1.14 bits per heavy atom. The molecule has 0 spiro atoms. The first-order valence-electron chi connectivity index (χ1n) is 7.79. The first kappa shape index (κ1) is 20.8. The lowest BCUT2D eigenvalue weighted by atomic mass is 10.1. The van der Waals surface area contributed by atoms with Crippen LogP contribution >= 0.6 is 0 Å². The van der Waals surface area contributed by atoms with Crippen LogP contribution in [0.2, 0.25) is 0 Å². The van der Waals surface area contributed by atoms with Gasteiger partial charge in [0.2, 0.25) is 11.8 Å². The molecule has 0 aromatic heterocycles. The lowest BCUT2D eigenvalue weighted by Crippen LogP contribution is -2.48. The third kappa shape index (κ3) is 8.93. The van der Waals surface area contributed by atoms with Gasteiger partial charge in [0.15, 0.2) is 0 Å². The van der Waals surface area contributed by atoms with Gasteiger partial charge in [-0.1, -0.05) is 0 Å². The normalized spacial score (nSPS) is 13.5. The van der Waals surface area contributed by atoms with Crippen molar-refractivity contribution in [3.05, 3.63) is 0 Å². The van der Waals surface area contributed by atoms with E-state index < -0.39 is 0 Å². The molecule has 0 unspecified atom stereocenters. The number of carbonyl (C=O) groups excluding carboxylic acids is 2. The summed E-state index contributed by atoms with van der Waals surface area (Å²) >= 11 is 0. The molecular weight excluding hydrogens is 284 g/mol. The molecule has 0 aliphatic carbocycles. The van der Waals surface area contributed by atoms with Crippen LogP contribution in [-0.4, -0.2) is 78.3 Å². The molecule has 130 valence electrons. The lowest BCUT2D eigenvalue weighted by molar-refractivity contribution is -0.125. The van der Waals surface area contributed by atoms with Crippen LogP contribution in [0.3, 0.4) is 0 Å². The van der Waals surface area contributed by atoms with Crippen molar-refractivity contribution in [1.82, 2.24) is 31.9 Å². The maximum absolute atomic E-state index is 12.0. The molecule has 0 saturated heterocycles. The minimum Gasteiger partial charge on any atom is -0.355 e. The minimum absolute atomic E-state index is 0.0387. The second-order valence-electron chi connectivity index (χ2n) is 5.05. The highest BCUT2D eigenvalue weighted by atomic mass is 16.2. The Labute approximate surface area is 133 Å². The third-order valence-electron chi connectivity index (χ3n) is 3.42. The summed E-state index contributed by atoms with van der Waals surface area (Å²) in [6.45, 7) is 2.55. The maximum Gasteiger partial charge on any atom is 0.237 e. The van der Waals surface area contributed by atoms with E-state index in [1.807, 2.05) is 14.1 Å². The molecule has 0 bridgehead atoms. The van der Waals surface area contributed by atoms with E-state index in [1.165, 1.54) is 0 Å². The number of nitrogens with one attached hydrogen (secondary N) is 6. The molecule has 0 saturated carbocycles. The molecule has 22 heavy (non-hydrogen) atoms. The molecule has 2 atom stereocenters. The predicted octanol–water partition coefficient (Wildman–Crippen LogP) is -2.39. The second kappa shape index (κ2) is 13.4. The molecular formula is C14H32N6O2. The van der Waals surface area contributed by atoms with E-state index in [4.69, 9.17) is 0 Å². The predicted molar refractivity (Wildman–Crippen MR) is 88.8 cm³/mol. The zero-order valence-corrected chi connectivity index (χ0v) is 14.2. The van der Waals surface area contributed by atoms with Crippen molar-refractivity contribution < 1.29 is 9.59 Å². The fraction of sp³-hybridized carbons (Fsp3) is 0.857. The maximum atomic E-state index is 12.0. The van der Waals surface area contributed by atoms with Crippen LogP contribution < -0.4 is 31.9 Å². The quantitative estimate of drug-likeness (QED) is 0.212. The molecule has 8 heteroatoms. The van der Waals surface area contributed by atoms with Crippen LogP contribution in [0.4, 0.5) is 0 Å². The van der Waals surface area contributed by atoms with Gasteiger partial charge >= 0.3 is 0 Å². The van der Waals surface area contributed by atoms with Crippen LogP contribution in [0.1, 0.15) is 12.8 Å². The SMILES string of the molecule is CNCCNC(=O)[C@H](CCNC(=O)[C@H](CCNC)NC)NC. The molecule has 0 aromatic carbocycles. The largest absolute Gasteiger partial charge is 0.355 e. The monoisotopic (exact) mass is 316 g/mol. The minimum atomic E-state index is -0.303. The number of rotatable bonds is 13. The Kier molecular flexibility index (Phi) is 12.7. The molecule has 0 aromatic rings.